The lowest BCUT2D eigenvalue weighted by Crippen LogP contribution is -3.20. The average molecular weight is 336 g/mol. The van der Waals surface area contributed by atoms with E-state index in [0.717, 1.165) is 6.17 Å². The molecule has 4 nitrogen and oxygen atoms in total. The van der Waals surface area contributed by atoms with E-state index in [1.54, 1.807) is 0 Å². The van der Waals surface area contributed by atoms with Crippen LogP contribution in [0.1, 0.15) is 6.92 Å². The second kappa shape index (κ2) is 3.78. The Morgan fingerprint density at radius 2 is 1.56 bits per heavy atom. The van der Waals surface area contributed by atoms with Crippen LogP contribution in [0.4, 0.5) is 0 Å². The third-order valence-corrected chi connectivity index (χ3v) is 5.27. The highest BCUT2D eigenvalue weighted by Gasteiger charge is 2.62. The second-order valence-corrected chi connectivity index (χ2v) is 5.66. The van der Waals surface area contributed by atoms with Crippen molar-refractivity contribution in [3.8, 4) is 0 Å². The lowest BCUT2D eigenvalue weighted by molar-refractivity contribution is -0.933. The summed E-state index contributed by atoms with van der Waals surface area (Å²) in [7, 11) is 0. The van der Waals surface area contributed by atoms with Crippen LogP contribution in [-0.2, 0) is 0 Å². The lowest BCUT2D eigenvalue weighted by atomic mass is 10.00. The van der Waals surface area contributed by atoms with Gasteiger partial charge in [-0.05, 0) is 6.92 Å². The molecule has 16 heavy (non-hydrogen) atoms. The smallest absolute Gasteiger partial charge is 0.176 e. The first-order valence-electron chi connectivity index (χ1n) is 6.39. The van der Waals surface area contributed by atoms with Crippen molar-refractivity contribution < 1.29 is 28.9 Å². The van der Waals surface area contributed by atoms with E-state index in [1.165, 1.54) is 52.4 Å². The fourth-order valence-electron chi connectivity index (χ4n) is 4.49. The summed E-state index contributed by atoms with van der Waals surface area (Å²) in [6, 6.07) is 0. The highest BCUT2D eigenvalue weighted by Crippen LogP contribution is 2.35. The Bertz CT molecular complexity index is 274. The quantitative estimate of drug-likeness (QED) is 0.445. The van der Waals surface area contributed by atoms with Gasteiger partial charge in [-0.25, -0.2) is 4.90 Å². The summed E-state index contributed by atoms with van der Waals surface area (Å²) in [4.78, 5) is 10.1. The molecule has 4 aliphatic rings. The van der Waals surface area contributed by atoms with Gasteiger partial charge in [0.2, 0.25) is 0 Å². The summed E-state index contributed by atoms with van der Waals surface area (Å²) < 4.78 is 0. The predicted molar refractivity (Wildman–Crippen MR) is 57.6 cm³/mol. The third-order valence-electron chi connectivity index (χ3n) is 5.27. The Hall–Kier alpha value is 0.570. The van der Waals surface area contributed by atoms with E-state index >= 15 is 0 Å². The summed E-state index contributed by atoms with van der Waals surface area (Å²) in [5.74, 6) is 0. The Kier molecular flexibility index (Phi) is 2.75. The van der Waals surface area contributed by atoms with Crippen LogP contribution < -0.4 is 28.9 Å². The first kappa shape index (κ1) is 11.6. The van der Waals surface area contributed by atoms with Crippen LogP contribution in [0.2, 0.25) is 0 Å². The minimum absolute atomic E-state index is 0. The average Bonchev–Trinajstić information content (AvgIpc) is 2.75. The van der Waals surface area contributed by atoms with Gasteiger partial charge in [-0.15, -0.1) is 0 Å². The molecule has 0 radical (unpaired) electrons. The molecule has 3 atom stereocenters. The summed E-state index contributed by atoms with van der Waals surface area (Å²) >= 11 is 0. The summed E-state index contributed by atoms with van der Waals surface area (Å²) in [5, 5.41) is 0. The van der Waals surface area contributed by atoms with Gasteiger partial charge >= 0.3 is 0 Å². The molecule has 0 amide bonds. The molecule has 4 fully saturated rings. The highest BCUT2D eigenvalue weighted by molar-refractivity contribution is 5.04. The maximum Gasteiger partial charge on any atom is 0.176 e. The summed E-state index contributed by atoms with van der Waals surface area (Å²) in [6.07, 6.45) is 0.766. The van der Waals surface area contributed by atoms with Gasteiger partial charge in [0.1, 0.15) is 5.66 Å². The van der Waals surface area contributed by atoms with Gasteiger partial charge in [-0.2, -0.15) is 0 Å². The molecular weight excluding hydrogens is 315 g/mol. The molecule has 4 saturated heterocycles. The monoisotopic (exact) mass is 336 g/mol. The third kappa shape index (κ3) is 1.24. The SMILES string of the molecule is C[C@@]12[C@H]3N4CCN1CCN2CC[NH+]3CC4.[I-]. The molecule has 1 N–H and O–H groups in total. The van der Waals surface area contributed by atoms with Crippen LogP contribution >= 0.6 is 0 Å². The van der Waals surface area contributed by atoms with Crippen molar-refractivity contribution in [2.75, 3.05) is 52.4 Å². The fourth-order valence-corrected chi connectivity index (χ4v) is 4.49. The topological polar surface area (TPSA) is 14.2 Å². The molecule has 0 aliphatic carbocycles. The van der Waals surface area contributed by atoms with E-state index < -0.39 is 0 Å². The molecule has 0 saturated carbocycles. The normalized spacial score (nSPS) is 47.8. The minimum Gasteiger partial charge on any atom is -1.00 e. The Balaban J connectivity index is 0.000000810. The van der Waals surface area contributed by atoms with Crippen molar-refractivity contribution in [2.24, 2.45) is 0 Å². The van der Waals surface area contributed by atoms with Crippen LogP contribution in [0.25, 0.3) is 0 Å². The molecule has 0 aromatic heterocycles. The molecule has 0 bridgehead atoms. The van der Waals surface area contributed by atoms with Gasteiger partial charge in [0.05, 0.1) is 19.6 Å². The molecule has 4 heterocycles. The maximum atomic E-state index is 2.74. The molecule has 4 rings (SSSR count). The van der Waals surface area contributed by atoms with E-state index in [1.807, 2.05) is 4.90 Å². The van der Waals surface area contributed by atoms with Crippen LogP contribution in [0.5, 0.6) is 0 Å². The highest BCUT2D eigenvalue weighted by atomic mass is 127. The van der Waals surface area contributed by atoms with E-state index in [4.69, 9.17) is 0 Å². The zero-order chi connectivity index (χ0) is 10.0. The van der Waals surface area contributed by atoms with Crippen molar-refractivity contribution in [2.45, 2.75) is 18.8 Å². The Morgan fingerprint density at radius 3 is 2.38 bits per heavy atom. The second-order valence-electron chi connectivity index (χ2n) is 5.66. The lowest BCUT2D eigenvalue weighted by Gasteiger charge is -2.54. The predicted octanol–water partition coefficient (Wildman–Crippen LogP) is -5.12. The van der Waals surface area contributed by atoms with Crippen molar-refractivity contribution in [3.05, 3.63) is 0 Å². The number of halogens is 1. The number of hydrogen-bond donors (Lipinski definition) is 1. The van der Waals surface area contributed by atoms with Crippen molar-refractivity contribution >= 4 is 0 Å². The zero-order valence-electron chi connectivity index (χ0n) is 9.95. The standard InChI is InChI=1S/C11H20N4.HI/c1-11-10-12-2-3-13(10)5-7-15(11)9-8-14(11)6-4-12;/h10H,2-9H2,1H3;1H/t10-,11+;. The molecule has 0 aromatic rings. The van der Waals surface area contributed by atoms with E-state index in [9.17, 15) is 0 Å². The molecule has 4 aliphatic heterocycles. The number of nitrogens with zero attached hydrogens (tertiary/aromatic N) is 3. The van der Waals surface area contributed by atoms with Gasteiger partial charge in [0.25, 0.3) is 0 Å². The van der Waals surface area contributed by atoms with Crippen LogP contribution in [0.3, 0.4) is 0 Å². The minimum atomic E-state index is 0. The van der Waals surface area contributed by atoms with Gasteiger partial charge in [-0.1, -0.05) is 0 Å². The summed E-state index contributed by atoms with van der Waals surface area (Å²) in [6.45, 7) is 13.1. The number of hydrogen-bond acceptors (Lipinski definition) is 3. The molecule has 1 unspecified atom stereocenters. The first-order chi connectivity index (χ1) is 7.30. The number of rotatable bonds is 0. The van der Waals surface area contributed by atoms with E-state index in [0.29, 0.717) is 5.66 Å². The fraction of sp³-hybridized carbons (Fsp3) is 1.00. The van der Waals surface area contributed by atoms with Crippen molar-refractivity contribution in [3.63, 3.8) is 0 Å². The van der Waals surface area contributed by atoms with Gasteiger partial charge in [0, 0.05) is 32.7 Å². The first-order valence-corrected chi connectivity index (χ1v) is 6.39. The van der Waals surface area contributed by atoms with Crippen LogP contribution in [-0.4, -0.2) is 78.9 Å². The Labute approximate surface area is 115 Å². The zero-order valence-corrected chi connectivity index (χ0v) is 12.1. The van der Waals surface area contributed by atoms with Gasteiger partial charge < -0.3 is 28.9 Å². The van der Waals surface area contributed by atoms with Crippen molar-refractivity contribution in [1.82, 2.24) is 14.7 Å². The van der Waals surface area contributed by atoms with Crippen LogP contribution in [0.15, 0.2) is 0 Å². The summed E-state index contributed by atoms with van der Waals surface area (Å²) in [5.41, 5.74) is 0.363. The maximum absolute atomic E-state index is 2.74. The van der Waals surface area contributed by atoms with E-state index in [2.05, 4.69) is 21.6 Å². The van der Waals surface area contributed by atoms with Gasteiger partial charge in [-0.3, -0.25) is 9.80 Å². The number of piperazine rings is 2. The van der Waals surface area contributed by atoms with E-state index in [-0.39, 0.29) is 24.0 Å². The Morgan fingerprint density at radius 1 is 0.938 bits per heavy atom. The molecule has 0 spiro atoms. The molecule has 0 aromatic carbocycles. The van der Waals surface area contributed by atoms with Gasteiger partial charge in [0.15, 0.2) is 6.17 Å². The van der Waals surface area contributed by atoms with Crippen LogP contribution in [0, 0.1) is 0 Å². The molecular formula is C11H21IN4. The number of nitrogens with one attached hydrogen (secondary N) is 1. The van der Waals surface area contributed by atoms with Crippen molar-refractivity contribution in [1.29, 1.82) is 0 Å². The number of quaternary nitrogens is 1. The molecule has 92 valence electrons. The molecule has 5 heteroatoms. The largest absolute Gasteiger partial charge is 1.00 e.